The molecule has 0 N–H and O–H groups in total. The van der Waals surface area contributed by atoms with Crippen LogP contribution in [0.4, 0.5) is 5.82 Å². The van der Waals surface area contributed by atoms with E-state index in [-0.39, 0.29) is 11.9 Å². The number of aliphatic imine (C=N–C) groups is 1. The minimum atomic E-state index is -0.562. The van der Waals surface area contributed by atoms with Crippen molar-refractivity contribution in [3.63, 3.8) is 0 Å². The number of aryl methyl sites for hydroxylation is 2. The van der Waals surface area contributed by atoms with E-state index in [1.165, 1.54) is 0 Å². The molecule has 2 aromatic rings. The van der Waals surface area contributed by atoms with Crippen molar-refractivity contribution < 1.29 is 9.53 Å². The van der Waals surface area contributed by atoms with Crippen LogP contribution < -0.4 is 0 Å². The van der Waals surface area contributed by atoms with Crippen LogP contribution in [0.3, 0.4) is 0 Å². The predicted octanol–water partition coefficient (Wildman–Crippen LogP) is 4.84. The first-order chi connectivity index (χ1) is 12.4. The minimum Gasteiger partial charge on any atom is -0.465 e. The van der Waals surface area contributed by atoms with Crippen molar-refractivity contribution in [1.82, 2.24) is 9.78 Å². The number of carbonyl (C=O) groups excluding carboxylic acids is 1. The number of halogens is 2. The van der Waals surface area contributed by atoms with Crippen molar-refractivity contribution in [1.29, 1.82) is 0 Å². The molecule has 0 radical (unpaired) electrons. The van der Waals surface area contributed by atoms with Gasteiger partial charge < -0.3 is 4.74 Å². The van der Waals surface area contributed by atoms with Crippen LogP contribution in [0, 0.1) is 12.8 Å². The van der Waals surface area contributed by atoms with E-state index >= 15 is 0 Å². The number of rotatable bonds is 4. The summed E-state index contributed by atoms with van der Waals surface area (Å²) in [5.74, 6) is -0.469. The molecular weight excluding hydrogens is 373 g/mol. The van der Waals surface area contributed by atoms with E-state index in [9.17, 15) is 4.79 Å². The van der Waals surface area contributed by atoms with Gasteiger partial charge in [0.15, 0.2) is 5.82 Å². The molecule has 0 amide bonds. The Balaban J connectivity index is 2.22. The first-order valence-corrected chi connectivity index (χ1v) is 9.31. The second-order valence-electron chi connectivity index (χ2n) is 6.47. The highest BCUT2D eigenvalue weighted by Gasteiger charge is 2.42. The highest BCUT2D eigenvalue weighted by atomic mass is 35.5. The summed E-state index contributed by atoms with van der Waals surface area (Å²) in [6.45, 7) is 6.09. The normalized spacial score (nSPS) is 19.1. The van der Waals surface area contributed by atoms with Crippen LogP contribution in [-0.2, 0) is 16.6 Å². The van der Waals surface area contributed by atoms with Gasteiger partial charge in [0, 0.05) is 24.2 Å². The molecule has 0 aliphatic carbocycles. The minimum absolute atomic E-state index is 0.303. The molecule has 1 aliphatic heterocycles. The molecule has 0 bridgehead atoms. The highest BCUT2D eigenvalue weighted by Crippen LogP contribution is 2.47. The lowest BCUT2D eigenvalue weighted by Crippen LogP contribution is -2.33. The molecule has 5 nitrogen and oxygen atoms in total. The van der Waals surface area contributed by atoms with Crippen molar-refractivity contribution in [2.45, 2.75) is 33.1 Å². The van der Waals surface area contributed by atoms with Crippen LogP contribution in [0.25, 0.3) is 0 Å². The topological polar surface area (TPSA) is 56.5 Å². The van der Waals surface area contributed by atoms with Gasteiger partial charge in [0.2, 0.25) is 0 Å². The molecule has 2 heterocycles. The van der Waals surface area contributed by atoms with Gasteiger partial charge >= 0.3 is 5.97 Å². The lowest BCUT2D eigenvalue weighted by atomic mass is 9.76. The van der Waals surface area contributed by atoms with Gasteiger partial charge in [0.1, 0.15) is 5.92 Å². The van der Waals surface area contributed by atoms with E-state index < -0.39 is 5.92 Å². The molecule has 0 saturated carbocycles. The highest BCUT2D eigenvalue weighted by molar-refractivity contribution is 6.42. The lowest BCUT2D eigenvalue weighted by molar-refractivity contribution is -0.146. The average Bonchev–Trinajstić information content (AvgIpc) is 2.88. The van der Waals surface area contributed by atoms with Crippen LogP contribution in [0.2, 0.25) is 10.0 Å². The Hall–Kier alpha value is -1.85. The molecule has 26 heavy (non-hydrogen) atoms. The zero-order valence-corrected chi connectivity index (χ0v) is 16.7. The Bertz CT molecular complexity index is 889. The van der Waals surface area contributed by atoms with Crippen molar-refractivity contribution in [3.8, 4) is 0 Å². The lowest BCUT2D eigenvalue weighted by Gasteiger charge is -2.30. The van der Waals surface area contributed by atoms with Gasteiger partial charge in [-0.3, -0.25) is 9.48 Å². The number of ether oxygens (including phenoxy) is 1. The Morgan fingerprint density at radius 3 is 2.73 bits per heavy atom. The molecule has 0 fully saturated rings. The fourth-order valence-electron chi connectivity index (χ4n) is 3.50. The largest absolute Gasteiger partial charge is 0.465 e. The van der Waals surface area contributed by atoms with Gasteiger partial charge in [-0.2, -0.15) is 5.10 Å². The molecule has 1 aliphatic rings. The molecule has 2 atom stereocenters. The molecule has 2 unspecified atom stereocenters. The Morgan fingerprint density at radius 2 is 2.04 bits per heavy atom. The van der Waals surface area contributed by atoms with Gasteiger partial charge in [0.05, 0.1) is 22.3 Å². The molecule has 3 rings (SSSR count). The summed E-state index contributed by atoms with van der Waals surface area (Å²) in [5, 5.41) is 5.39. The van der Waals surface area contributed by atoms with Crippen molar-refractivity contribution in [2.75, 3.05) is 6.61 Å². The van der Waals surface area contributed by atoms with Crippen molar-refractivity contribution >= 4 is 40.7 Å². The van der Waals surface area contributed by atoms with E-state index in [1.54, 1.807) is 10.7 Å². The zero-order valence-electron chi connectivity index (χ0n) is 15.2. The maximum Gasteiger partial charge on any atom is 0.315 e. The van der Waals surface area contributed by atoms with Gasteiger partial charge in [-0.15, -0.1) is 0 Å². The third-order valence-corrected chi connectivity index (χ3v) is 5.47. The number of nitrogens with zero attached hydrogens (tertiary/aromatic N) is 3. The molecule has 0 spiro atoms. The van der Waals surface area contributed by atoms with Gasteiger partial charge in [-0.05, 0) is 31.9 Å². The molecule has 1 aromatic carbocycles. The van der Waals surface area contributed by atoms with Gasteiger partial charge in [-0.1, -0.05) is 42.3 Å². The summed E-state index contributed by atoms with van der Waals surface area (Å²) >= 11 is 12.8. The summed E-state index contributed by atoms with van der Waals surface area (Å²) in [6, 6.07) is 5.47. The number of esters is 1. The predicted molar refractivity (Wildman–Crippen MR) is 104 cm³/mol. The summed E-state index contributed by atoms with van der Waals surface area (Å²) < 4.78 is 7.19. The Kier molecular flexibility index (Phi) is 5.39. The number of hydrogen-bond donors (Lipinski definition) is 0. The molecule has 7 heteroatoms. The number of carbonyl (C=O) groups is 1. The van der Waals surface area contributed by atoms with Crippen molar-refractivity contribution in [3.05, 3.63) is 45.1 Å². The van der Waals surface area contributed by atoms with Crippen LogP contribution in [-0.4, -0.2) is 28.1 Å². The average molecular weight is 394 g/mol. The standard InChI is InChI=1S/C19H21Cl2N3O2/c1-5-9-26-19(25)15-10(2)22-18-14(11(3)23-24(18)4)16(15)12-7-6-8-13(20)17(12)21/h6-8,15-16H,5,9H2,1-4H3. The number of fused-ring (bicyclic) bond motifs is 1. The van der Waals surface area contributed by atoms with Crippen LogP contribution in [0.1, 0.15) is 43.0 Å². The first-order valence-electron chi connectivity index (χ1n) is 8.56. The number of benzene rings is 1. The Morgan fingerprint density at radius 1 is 1.31 bits per heavy atom. The summed E-state index contributed by atoms with van der Waals surface area (Å²) in [6.07, 6.45) is 0.758. The van der Waals surface area contributed by atoms with E-state index in [0.717, 1.165) is 29.1 Å². The summed E-state index contributed by atoms with van der Waals surface area (Å²) in [7, 11) is 1.84. The second kappa shape index (κ2) is 7.41. The fourth-order valence-corrected chi connectivity index (χ4v) is 3.92. The monoisotopic (exact) mass is 393 g/mol. The van der Waals surface area contributed by atoms with E-state index in [2.05, 4.69) is 10.1 Å². The van der Waals surface area contributed by atoms with E-state index in [4.69, 9.17) is 27.9 Å². The van der Waals surface area contributed by atoms with Crippen LogP contribution in [0.5, 0.6) is 0 Å². The number of hydrogen-bond acceptors (Lipinski definition) is 4. The van der Waals surface area contributed by atoms with Crippen LogP contribution in [0.15, 0.2) is 23.2 Å². The molecule has 0 saturated heterocycles. The van der Waals surface area contributed by atoms with Gasteiger partial charge in [-0.25, -0.2) is 4.99 Å². The molecular formula is C19H21Cl2N3O2. The quantitative estimate of drug-likeness (QED) is 0.697. The molecule has 1 aromatic heterocycles. The zero-order chi connectivity index (χ0) is 19.0. The molecule has 138 valence electrons. The maximum absolute atomic E-state index is 12.9. The van der Waals surface area contributed by atoms with E-state index in [1.807, 2.05) is 40.0 Å². The fraction of sp³-hybridized carbons (Fsp3) is 0.421. The van der Waals surface area contributed by atoms with Crippen molar-refractivity contribution in [2.24, 2.45) is 18.0 Å². The maximum atomic E-state index is 12.9. The second-order valence-corrected chi connectivity index (χ2v) is 7.25. The SMILES string of the molecule is CCCOC(=O)C1C(C)=Nc2c(c(C)nn2C)C1c1cccc(Cl)c1Cl. The smallest absolute Gasteiger partial charge is 0.315 e. The van der Waals surface area contributed by atoms with E-state index in [0.29, 0.717) is 22.4 Å². The third kappa shape index (κ3) is 3.14. The Labute approximate surface area is 163 Å². The summed E-state index contributed by atoms with van der Waals surface area (Å²) in [5.41, 5.74) is 3.17. The van der Waals surface area contributed by atoms with Gasteiger partial charge in [0.25, 0.3) is 0 Å². The van der Waals surface area contributed by atoms with Crippen LogP contribution >= 0.6 is 23.2 Å². The number of aromatic nitrogens is 2. The first kappa shape index (κ1) is 18.9. The third-order valence-electron chi connectivity index (χ3n) is 4.63. The summed E-state index contributed by atoms with van der Waals surface area (Å²) in [4.78, 5) is 17.5.